The minimum absolute atomic E-state index is 0.0175. The van der Waals surface area contributed by atoms with Gasteiger partial charge in [-0.2, -0.15) is 0 Å². The highest BCUT2D eigenvalue weighted by atomic mass is 16.1. The van der Waals surface area contributed by atoms with Gasteiger partial charge in [0.25, 0.3) is 0 Å². The van der Waals surface area contributed by atoms with E-state index in [1.54, 1.807) is 24.3 Å². The molecule has 2 aromatic rings. The van der Waals surface area contributed by atoms with Crippen molar-refractivity contribution in [3.8, 4) is 0 Å². The summed E-state index contributed by atoms with van der Waals surface area (Å²) in [5, 5.41) is 2.83. The molecule has 0 unspecified atom stereocenters. The van der Waals surface area contributed by atoms with E-state index >= 15 is 0 Å². The average molecular weight is 281 g/mol. The van der Waals surface area contributed by atoms with E-state index in [4.69, 9.17) is 0 Å². The minimum atomic E-state index is -0.0603. The van der Waals surface area contributed by atoms with Crippen LogP contribution in [0, 0.1) is 0 Å². The Labute approximate surface area is 125 Å². The Hall–Kier alpha value is -2.42. The van der Waals surface area contributed by atoms with E-state index in [1.807, 2.05) is 24.3 Å². The van der Waals surface area contributed by atoms with Crippen LogP contribution in [0.15, 0.2) is 48.5 Å². The van der Waals surface area contributed by atoms with E-state index in [2.05, 4.69) is 12.2 Å². The molecule has 0 spiro atoms. The van der Waals surface area contributed by atoms with Crippen molar-refractivity contribution in [3.63, 3.8) is 0 Å². The van der Waals surface area contributed by atoms with E-state index in [9.17, 15) is 9.59 Å². The lowest BCUT2D eigenvalue weighted by Crippen LogP contribution is -2.14. The van der Waals surface area contributed by atoms with Crippen LogP contribution in [0.2, 0.25) is 0 Å². The second-order valence-corrected chi connectivity index (χ2v) is 5.03. The standard InChI is InChI=1S/C18H19NO2/c1-3-14-4-6-15(7-5-14)12-18(21)19-17-10-8-16(9-11-17)13(2)20/h4-11H,3,12H2,1-2H3,(H,19,21). The summed E-state index contributed by atoms with van der Waals surface area (Å²) in [6.07, 6.45) is 1.34. The fraction of sp³-hybridized carbons (Fsp3) is 0.222. The molecule has 1 amide bonds. The number of ketones is 1. The number of rotatable bonds is 5. The smallest absolute Gasteiger partial charge is 0.228 e. The van der Waals surface area contributed by atoms with Crippen molar-refractivity contribution in [1.82, 2.24) is 0 Å². The number of hydrogen-bond donors (Lipinski definition) is 1. The van der Waals surface area contributed by atoms with Gasteiger partial charge in [-0.3, -0.25) is 9.59 Å². The first kappa shape index (κ1) is 15.0. The third-order valence-corrected chi connectivity index (χ3v) is 3.37. The Morgan fingerprint density at radius 1 is 0.905 bits per heavy atom. The second kappa shape index (κ2) is 6.84. The highest BCUT2D eigenvalue weighted by molar-refractivity contribution is 5.96. The summed E-state index contributed by atoms with van der Waals surface area (Å²) in [4.78, 5) is 23.2. The molecule has 21 heavy (non-hydrogen) atoms. The predicted molar refractivity (Wildman–Crippen MR) is 84.6 cm³/mol. The summed E-state index contributed by atoms with van der Waals surface area (Å²) in [6, 6.07) is 15.0. The summed E-state index contributed by atoms with van der Waals surface area (Å²) < 4.78 is 0. The molecule has 0 radical (unpaired) electrons. The van der Waals surface area contributed by atoms with Gasteiger partial charge in [-0.25, -0.2) is 0 Å². The van der Waals surface area contributed by atoms with Crippen molar-refractivity contribution in [2.24, 2.45) is 0 Å². The number of hydrogen-bond acceptors (Lipinski definition) is 2. The van der Waals surface area contributed by atoms with Crippen LogP contribution in [0.3, 0.4) is 0 Å². The van der Waals surface area contributed by atoms with E-state index in [0.717, 1.165) is 12.0 Å². The molecule has 2 rings (SSSR count). The van der Waals surface area contributed by atoms with Gasteiger partial charge in [0.2, 0.25) is 5.91 Å². The first-order chi connectivity index (χ1) is 10.1. The molecule has 2 aromatic carbocycles. The van der Waals surface area contributed by atoms with Gasteiger partial charge in [0.1, 0.15) is 0 Å². The predicted octanol–water partition coefficient (Wildman–Crippen LogP) is 3.63. The van der Waals surface area contributed by atoms with Gasteiger partial charge in [0, 0.05) is 11.3 Å². The second-order valence-electron chi connectivity index (χ2n) is 5.03. The van der Waals surface area contributed by atoms with Gasteiger partial charge in [-0.15, -0.1) is 0 Å². The molecule has 3 nitrogen and oxygen atoms in total. The van der Waals surface area contributed by atoms with Gasteiger partial charge >= 0.3 is 0 Å². The fourth-order valence-electron chi connectivity index (χ4n) is 2.07. The molecule has 0 saturated carbocycles. The third-order valence-electron chi connectivity index (χ3n) is 3.37. The van der Waals surface area contributed by atoms with Crippen LogP contribution in [0.5, 0.6) is 0 Å². The van der Waals surface area contributed by atoms with Crippen LogP contribution in [-0.4, -0.2) is 11.7 Å². The SMILES string of the molecule is CCc1ccc(CC(=O)Nc2ccc(C(C)=O)cc2)cc1. The van der Waals surface area contributed by atoms with E-state index in [0.29, 0.717) is 17.7 Å². The van der Waals surface area contributed by atoms with E-state index in [-0.39, 0.29) is 11.7 Å². The molecule has 108 valence electrons. The van der Waals surface area contributed by atoms with Crippen LogP contribution in [0.1, 0.15) is 35.3 Å². The van der Waals surface area contributed by atoms with Crippen LogP contribution in [0.25, 0.3) is 0 Å². The molecule has 0 aliphatic rings. The molecule has 0 heterocycles. The van der Waals surface area contributed by atoms with Crippen molar-refractivity contribution in [2.45, 2.75) is 26.7 Å². The first-order valence-corrected chi connectivity index (χ1v) is 7.07. The zero-order valence-corrected chi connectivity index (χ0v) is 12.3. The Kier molecular flexibility index (Phi) is 4.88. The molecule has 0 fully saturated rings. The van der Waals surface area contributed by atoms with Crippen molar-refractivity contribution in [1.29, 1.82) is 0 Å². The molecule has 0 atom stereocenters. The normalized spacial score (nSPS) is 10.2. The Morgan fingerprint density at radius 2 is 1.48 bits per heavy atom. The maximum absolute atomic E-state index is 12.0. The Morgan fingerprint density at radius 3 is 2.00 bits per heavy atom. The van der Waals surface area contributed by atoms with Crippen LogP contribution in [-0.2, 0) is 17.6 Å². The van der Waals surface area contributed by atoms with Gasteiger partial charge in [-0.1, -0.05) is 31.2 Å². The topological polar surface area (TPSA) is 46.2 Å². The Balaban J connectivity index is 1.95. The number of anilines is 1. The molecule has 0 saturated heterocycles. The van der Waals surface area contributed by atoms with Crippen molar-refractivity contribution < 1.29 is 9.59 Å². The summed E-state index contributed by atoms with van der Waals surface area (Å²) in [7, 11) is 0. The summed E-state index contributed by atoms with van der Waals surface area (Å²) in [6.45, 7) is 3.62. The van der Waals surface area contributed by atoms with Gasteiger partial charge in [-0.05, 0) is 48.7 Å². The number of benzene rings is 2. The molecular weight excluding hydrogens is 262 g/mol. The van der Waals surface area contributed by atoms with Crippen molar-refractivity contribution in [2.75, 3.05) is 5.32 Å². The van der Waals surface area contributed by atoms with Gasteiger partial charge in [0.05, 0.1) is 6.42 Å². The lowest BCUT2D eigenvalue weighted by Gasteiger charge is -2.06. The lowest BCUT2D eigenvalue weighted by atomic mass is 10.1. The molecule has 0 aliphatic carbocycles. The van der Waals surface area contributed by atoms with Gasteiger partial charge < -0.3 is 5.32 Å². The van der Waals surface area contributed by atoms with Crippen molar-refractivity contribution >= 4 is 17.4 Å². The zero-order valence-electron chi connectivity index (χ0n) is 12.3. The molecule has 1 N–H and O–H groups in total. The van der Waals surface area contributed by atoms with E-state index in [1.165, 1.54) is 12.5 Å². The molecular formula is C18H19NO2. The van der Waals surface area contributed by atoms with Crippen LogP contribution >= 0.6 is 0 Å². The quantitative estimate of drug-likeness (QED) is 0.851. The number of carbonyl (C=O) groups is 2. The molecule has 0 aliphatic heterocycles. The molecule has 0 bridgehead atoms. The van der Waals surface area contributed by atoms with Crippen molar-refractivity contribution in [3.05, 3.63) is 65.2 Å². The number of carbonyl (C=O) groups excluding carboxylic acids is 2. The summed E-state index contributed by atoms with van der Waals surface area (Å²) in [5.41, 5.74) is 3.60. The molecule has 0 aromatic heterocycles. The maximum Gasteiger partial charge on any atom is 0.228 e. The lowest BCUT2D eigenvalue weighted by molar-refractivity contribution is -0.115. The summed E-state index contributed by atoms with van der Waals surface area (Å²) >= 11 is 0. The number of nitrogens with one attached hydrogen (secondary N) is 1. The van der Waals surface area contributed by atoms with Crippen LogP contribution < -0.4 is 5.32 Å². The van der Waals surface area contributed by atoms with Crippen LogP contribution in [0.4, 0.5) is 5.69 Å². The third kappa shape index (κ3) is 4.28. The number of aryl methyl sites for hydroxylation is 1. The fourth-order valence-corrected chi connectivity index (χ4v) is 2.07. The zero-order chi connectivity index (χ0) is 15.2. The largest absolute Gasteiger partial charge is 0.326 e. The average Bonchev–Trinajstić information content (AvgIpc) is 2.48. The number of amides is 1. The summed E-state index contributed by atoms with van der Waals surface area (Å²) in [5.74, 6) is -0.0429. The van der Waals surface area contributed by atoms with E-state index < -0.39 is 0 Å². The maximum atomic E-state index is 12.0. The Bertz CT molecular complexity index is 627. The highest BCUT2D eigenvalue weighted by Crippen LogP contribution is 2.11. The van der Waals surface area contributed by atoms with Gasteiger partial charge in [0.15, 0.2) is 5.78 Å². The first-order valence-electron chi connectivity index (χ1n) is 7.07. The highest BCUT2D eigenvalue weighted by Gasteiger charge is 2.05. The monoisotopic (exact) mass is 281 g/mol. The molecule has 3 heteroatoms. The minimum Gasteiger partial charge on any atom is -0.326 e. The number of Topliss-reactive ketones (excluding diaryl/α,β-unsaturated/α-hetero) is 1.